The van der Waals surface area contributed by atoms with Gasteiger partial charge >= 0.3 is 0 Å². The summed E-state index contributed by atoms with van der Waals surface area (Å²) in [4.78, 5) is 0. The normalized spacial score (nSPS) is 35.9. The second-order valence-electron chi connectivity index (χ2n) is 10.0. The monoisotopic (exact) mass is 442 g/mol. The van der Waals surface area contributed by atoms with Crippen molar-refractivity contribution in [3.8, 4) is 0 Å². The Labute approximate surface area is 192 Å². The quantitative estimate of drug-likeness (QED) is 0.533. The fourth-order valence-corrected chi connectivity index (χ4v) is 5.85. The Hall–Kier alpha value is -2.60. The van der Waals surface area contributed by atoms with E-state index in [9.17, 15) is 0 Å². The van der Waals surface area contributed by atoms with Crippen LogP contribution in [0.5, 0.6) is 0 Å². The lowest BCUT2D eigenvalue weighted by atomic mass is 9.94. The first kappa shape index (κ1) is 18.8. The maximum Gasteiger partial charge on any atom is 0.190 e. The van der Waals surface area contributed by atoms with Gasteiger partial charge in [-0.05, 0) is 36.1 Å². The first-order valence-corrected chi connectivity index (χ1v) is 12.1. The highest BCUT2D eigenvalue weighted by Crippen LogP contribution is 2.58. The molecule has 6 aliphatic rings. The average molecular weight is 443 g/mol. The maximum absolute atomic E-state index is 6.74. The zero-order valence-corrected chi connectivity index (χ0v) is 18.4. The molecule has 2 aromatic carbocycles. The minimum atomic E-state index is -0.143. The van der Waals surface area contributed by atoms with Gasteiger partial charge in [-0.1, -0.05) is 48.5 Å². The highest BCUT2D eigenvalue weighted by molar-refractivity contribution is 5.45. The zero-order chi connectivity index (χ0) is 21.6. The lowest BCUT2D eigenvalue weighted by molar-refractivity contribution is -0.0419. The highest BCUT2D eigenvalue weighted by Gasteiger charge is 2.57. The molecular formula is C28H26O5. The van der Waals surface area contributed by atoms with Gasteiger partial charge in [-0.15, -0.1) is 0 Å². The van der Waals surface area contributed by atoms with Gasteiger partial charge in [0.25, 0.3) is 0 Å². The van der Waals surface area contributed by atoms with Crippen molar-refractivity contribution in [1.29, 1.82) is 0 Å². The Morgan fingerprint density at radius 2 is 1.09 bits per heavy atom. The number of benzene rings is 2. The summed E-state index contributed by atoms with van der Waals surface area (Å²) < 4.78 is 29.9. The largest absolute Gasteiger partial charge is 0.475 e. The maximum atomic E-state index is 6.74. The average Bonchev–Trinajstić information content (AvgIpc) is 3.72. The molecule has 0 aromatic heterocycles. The SMILES string of the molecule is C1=C2OC2(c2ccc(C(OC(c3ccc(C45CCC=C4O5)cc3)C3CO3)C3CO3)cc2)CC1. The molecule has 2 aliphatic carbocycles. The summed E-state index contributed by atoms with van der Waals surface area (Å²) in [5.74, 6) is 2.28. The lowest BCUT2D eigenvalue weighted by Gasteiger charge is -2.24. The van der Waals surface area contributed by atoms with E-state index in [2.05, 4.69) is 60.7 Å². The number of rotatable bonds is 8. The first-order valence-electron chi connectivity index (χ1n) is 12.1. The summed E-state index contributed by atoms with van der Waals surface area (Å²) in [6.07, 6.45) is 8.69. The van der Waals surface area contributed by atoms with Crippen LogP contribution in [0.15, 0.2) is 72.2 Å². The second kappa shape index (κ2) is 6.50. The summed E-state index contributed by atoms with van der Waals surface area (Å²) in [5.41, 5.74) is 4.49. The van der Waals surface area contributed by atoms with Gasteiger partial charge in [-0.25, -0.2) is 0 Å². The number of hydrogen-bond donors (Lipinski definition) is 0. The Morgan fingerprint density at radius 3 is 1.39 bits per heavy atom. The second-order valence-corrected chi connectivity index (χ2v) is 10.0. The Balaban J connectivity index is 1.05. The minimum absolute atomic E-state index is 0.0959. The molecule has 8 rings (SSSR count). The molecule has 5 heteroatoms. The number of ether oxygens (including phenoxy) is 5. The molecule has 0 saturated carbocycles. The molecule has 4 aliphatic heterocycles. The van der Waals surface area contributed by atoms with Crippen molar-refractivity contribution in [2.75, 3.05) is 13.2 Å². The molecule has 0 radical (unpaired) electrons. The number of fused-ring (bicyclic) bond motifs is 2. The molecule has 4 heterocycles. The summed E-state index contributed by atoms with van der Waals surface area (Å²) in [6, 6.07) is 17.5. The van der Waals surface area contributed by atoms with E-state index in [4.69, 9.17) is 23.7 Å². The molecule has 6 atom stereocenters. The van der Waals surface area contributed by atoms with Crippen LogP contribution < -0.4 is 0 Å². The summed E-state index contributed by atoms with van der Waals surface area (Å²) in [5, 5.41) is 0. The van der Waals surface area contributed by atoms with Crippen LogP contribution in [-0.2, 0) is 34.9 Å². The van der Waals surface area contributed by atoms with E-state index in [1.807, 2.05) is 0 Å². The number of hydrogen-bond acceptors (Lipinski definition) is 5. The van der Waals surface area contributed by atoms with Crippen LogP contribution in [0.4, 0.5) is 0 Å². The molecule has 6 unspecified atom stereocenters. The van der Waals surface area contributed by atoms with Gasteiger partial charge in [0.2, 0.25) is 0 Å². The van der Waals surface area contributed by atoms with E-state index in [-0.39, 0.29) is 35.6 Å². The highest BCUT2D eigenvalue weighted by atomic mass is 16.6. The smallest absolute Gasteiger partial charge is 0.190 e. The van der Waals surface area contributed by atoms with Crippen molar-refractivity contribution in [2.45, 2.75) is 61.3 Å². The van der Waals surface area contributed by atoms with Crippen molar-refractivity contribution in [2.24, 2.45) is 0 Å². The third-order valence-corrected chi connectivity index (χ3v) is 8.03. The van der Waals surface area contributed by atoms with Gasteiger partial charge in [0.15, 0.2) is 11.2 Å². The van der Waals surface area contributed by atoms with E-state index in [1.54, 1.807) is 0 Å². The van der Waals surface area contributed by atoms with E-state index < -0.39 is 0 Å². The van der Waals surface area contributed by atoms with Crippen molar-refractivity contribution >= 4 is 0 Å². The molecular weight excluding hydrogens is 416 g/mol. The van der Waals surface area contributed by atoms with E-state index in [1.165, 1.54) is 11.1 Å². The van der Waals surface area contributed by atoms with Gasteiger partial charge in [-0.2, -0.15) is 0 Å². The van der Waals surface area contributed by atoms with Crippen LogP contribution in [0.2, 0.25) is 0 Å². The molecule has 4 fully saturated rings. The topological polar surface area (TPSA) is 59.4 Å². The fraction of sp³-hybridized carbons (Fsp3) is 0.429. The van der Waals surface area contributed by atoms with Gasteiger partial charge in [0.05, 0.1) is 13.2 Å². The molecule has 168 valence electrons. The molecule has 0 bridgehead atoms. The van der Waals surface area contributed by atoms with Gasteiger partial charge in [0, 0.05) is 24.0 Å². The summed E-state index contributed by atoms with van der Waals surface area (Å²) >= 11 is 0. The predicted octanol–water partition coefficient (Wildman–Crippen LogP) is 5.09. The van der Waals surface area contributed by atoms with Gasteiger partial charge in [0.1, 0.15) is 35.9 Å². The standard InChI is InChI=1S/C28H26O5/c1-3-23-27(13-1,32-23)19-9-5-17(6-10-19)25(21-15-29-21)31-26(22-16-30-22)18-7-11-20(12-8-18)28-14-2-4-24(28)33-28/h3-12,21-22,25-26H,1-2,13-16H2. The van der Waals surface area contributed by atoms with Crippen molar-refractivity contribution in [3.05, 3.63) is 94.5 Å². The lowest BCUT2D eigenvalue weighted by Crippen LogP contribution is -2.19. The Morgan fingerprint density at radius 1 is 0.667 bits per heavy atom. The van der Waals surface area contributed by atoms with E-state index in [0.717, 1.165) is 61.5 Å². The van der Waals surface area contributed by atoms with E-state index in [0.29, 0.717) is 0 Å². The molecule has 33 heavy (non-hydrogen) atoms. The number of allylic oxidation sites excluding steroid dienone is 2. The third-order valence-electron chi connectivity index (χ3n) is 8.03. The van der Waals surface area contributed by atoms with E-state index >= 15 is 0 Å². The van der Waals surface area contributed by atoms with Crippen molar-refractivity contribution < 1.29 is 23.7 Å². The van der Waals surface area contributed by atoms with Crippen LogP contribution in [-0.4, -0.2) is 25.4 Å². The Kier molecular flexibility index (Phi) is 3.70. The van der Waals surface area contributed by atoms with Crippen LogP contribution in [0.1, 0.15) is 60.1 Å². The molecule has 0 spiro atoms. The third kappa shape index (κ3) is 2.89. The van der Waals surface area contributed by atoms with Gasteiger partial charge < -0.3 is 23.7 Å². The molecule has 2 aromatic rings. The summed E-state index contributed by atoms with van der Waals surface area (Å²) in [7, 11) is 0. The zero-order valence-electron chi connectivity index (χ0n) is 18.4. The van der Waals surface area contributed by atoms with Crippen LogP contribution in [0.3, 0.4) is 0 Å². The molecule has 4 saturated heterocycles. The van der Waals surface area contributed by atoms with Crippen LogP contribution in [0.25, 0.3) is 0 Å². The predicted molar refractivity (Wildman–Crippen MR) is 119 cm³/mol. The fourth-order valence-electron chi connectivity index (χ4n) is 5.85. The van der Waals surface area contributed by atoms with Crippen LogP contribution >= 0.6 is 0 Å². The van der Waals surface area contributed by atoms with Crippen molar-refractivity contribution in [1.82, 2.24) is 0 Å². The molecule has 5 nitrogen and oxygen atoms in total. The summed E-state index contributed by atoms with van der Waals surface area (Å²) in [6.45, 7) is 1.47. The number of epoxide rings is 4. The van der Waals surface area contributed by atoms with Crippen molar-refractivity contribution in [3.63, 3.8) is 0 Å². The Bertz CT molecular complexity index is 1080. The first-order chi connectivity index (χ1) is 16.3. The van der Waals surface area contributed by atoms with Gasteiger partial charge in [-0.3, -0.25) is 0 Å². The van der Waals surface area contributed by atoms with Crippen LogP contribution in [0, 0.1) is 0 Å². The minimum Gasteiger partial charge on any atom is -0.475 e. The molecule has 0 amide bonds. The molecule has 0 N–H and O–H groups in total.